The first-order valence-electron chi connectivity index (χ1n) is 7.16. The highest BCUT2D eigenvalue weighted by atomic mass is 79.9. The molecule has 2 rings (SSSR count). The van der Waals surface area contributed by atoms with E-state index in [0.717, 1.165) is 34.7 Å². The maximum atomic E-state index is 5.82. The number of anilines is 1. The van der Waals surface area contributed by atoms with Gasteiger partial charge in [0.05, 0.1) is 0 Å². The van der Waals surface area contributed by atoms with Crippen LogP contribution in [-0.4, -0.2) is 36.1 Å². The molecule has 0 amide bonds. The molecule has 110 valence electrons. The van der Waals surface area contributed by atoms with Crippen LogP contribution in [-0.2, 0) is 0 Å². The number of nitrogens with zero attached hydrogens (tertiary/aromatic N) is 1. The van der Waals surface area contributed by atoms with Crippen molar-refractivity contribution in [3.05, 3.63) is 28.2 Å². The zero-order valence-electron chi connectivity index (χ0n) is 11.9. The number of benzene rings is 1. The summed E-state index contributed by atoms with van der Waals surface area (Å²) in [6.45, 7) is 6.81. The molecule has 5 heteroatoms. The third kappa shape index (κ3) is 3.93. The van der Waals surface area contributed by atoms with Gasteiger partial charge in [-0.15, -0.1) is 0 Å². The molecule has 0 atom stereocenters. The summed E-state index contributed by atoms with van der Waals surface area (Å²) in [6.07, 6.45) is 2.52. The highest BCUT2D eigenvalue weighted by Gasteiger charge is 2.18. The summed E-state index contributed by atoms with van der Waals surface area (Å²) in [5.74, 6) is 0.732. The van der Waals surface area contributed by atoms with Crippen molar-refractivity contribution in [3.63, 3.8) is 0 Å². The number of nitrogens with two attached hydrogens (primary N) is 1. The lowest BCUT2D eigenvalue weighted by Gasteiger charge is -2.31. The standard InChI is InChI=1S/C15H22BrN3S/c1-2-19-8-6-11(7-9-19)10-18-13-5-3-4-12(16)14(13)15(17)20/h3-5,11,18H,2,6-10H2,1H3,(H2,17,20). The van der Waals surface area contributed by atoms with Crippen LogP contribution in [0.15, 0.2) is 22.7 Å². The largest absolute Gasteiger partial charge is 0.389 e. The van der Waals surface area contributed by atoms with Gasteiger partial charge in [0.15, 0.2) is 0 Å². The zero-order valence-corrected chi connectivity index (χ0v) is 14.3. The van der Waals surface area contributed by atoms with Crippen molar-refractivity contribution in [3.8, 4) is 0 Å². The average Bonchev–Trinajstić information content (AvgIpc) is 2.45. The van der Waals surface area contributed by atoms with Gasteiger partial charge in [-0.3, -0.25) is 0 Å². The molecule has 1 aromatic carbocycles. The number of piperidine rings is 1. The predicted octanol–water partition coefficient (Wildman–Crippen LogP) is 3.23. The van der Waals surface area contributed by atoms with Crippen LogP contribution in [0.3, 0.4) is 0 Å². The normalized spacial score (nSPS) is 17.1. The van der Waals surface area contributed by atoms with Crippen molar-refractivity contribution in [1.82, 2.24) is 4.90 Å². The van der Waals surface area contributed by atoms with Crippen molar-refractivity contribution in [2.75, 3.05) is 31.5 Å². The van der Waals surface area contributed by atoms with E-state index in [1.807, 2.05) is 18.2 Å². The lowest BCUT2D eigenvalue weighted by Crippen LogP contribution is -2.35. The third-order valence-electron chi connectivity index (χ3n) is 4.00. The summed E-state index contributed by atoms with van der Waals surface area (Å²) in [6, 6.07) is 6.02. The van der Waals surface area contributed by atoms with Crippen molar-refractivity contribution in [2.45, 2.75) is 19.8 Å². The number of thiocarbonyl (C=S) groups is 1. The molecule has 20 heavy (non-hydrogen) atoms. The molecule has 0 bridgehead atoms. The van der Waals surface area contributed by atoms with Crippen LogP contribution in [0.2, 0.25) is 0 Å². The van der Waals surface area contributed by atoms with Gasteiger partial charge < -0.3 is 16.0 Å². The van der Waals surface area contributed by atoms with Gasteiger partial charge in [0.25, 0.3) is 0 Å². The number of hydrogen-bond acceptors (Lipinski definition) is 3. The smallest absolute Gasteiger partial charge is 0.107 e. The topological polar surface area (TPSA) is 41.3 Å². The number of nitrogens with one attached hydrogen (secondary N) is 1. The average molecular weight is 356 g/mol. The molecule has 0 saturated carbocycles. The lowest BCUT2D eigenvalue weighted by atomic mass is 9.96. The van der Waals surface area contributed by atoms with E-state index >= 15 is 0 Å². The van der Waals surface area contributed by atoms with E-state index in [1.54, 1.807) is 0 Å². The van der Waals surface area contributed by atoms with Gasteiger partial charge in [-0.25, -0.2) is 0 Å². The van der Waals surface area contributed by atoms with Crippen molar-refractivity contribution in [2.24, 2.45) is 11.7 Å². The van der Waals surface area contributed by atoms with Crippen LogP contribution in [0.4, 0.5) is 5.69 Å². The molecule has 1 fully saturated rings. The second-order valence-corrected chi connectivity index (χ2v) is 6.58. The van der Waals surface area contributed by atoms with E-state index < -0.39 is 0 Å². The Morgan fingerprint density at radius 1 is 1.45 bits per heavy atom. The van der Waals surface area contributed by atoms with Crippen LogP contribution < -0.4 is 11.1 Å². The minimum absolute atomic E-state index is 0.431. The molecule has 3 N–H and O–H groups in total. The number of likely N-dealkylation sites (tertiary alicyclic amines) is 1. The summed E-state index contributed by atoms with van der Waals surface area (Å²) in [5.41, 5.74) is 7.76. The Balaban J connectivity index is 1.95. The van der Waals surface area contributed by atoms with Crippen molar-refractivity contribution in [1.29, 1.82) is 0 Å². The molecule has 1 aromatic rings. The molecule has 1 saturated heterocycles. The van der Waals surface area contributed by atoms with E-state index in [2.05, 4.69) is 33.1 Å². The predicted molar refractivity (Wildman–Crippen MR) is 93.4 cm³/mol. The van der Waals surface area contributed by atoms with Gasteiger partial charge in [-0.2, -0.15) is 0 Å². The lowest BCUT2D eigenvalue weighted by molar-refractivity contribution is 0.198. The van der Waals surface area contributed by atoms with Gasteiger partial charge in [0.2, 0.25) is 0 Å². The monoisotopic (exact) mass is 355 g/mol. The Kier molecular flexibility index (Phi) is 5.81. The van der Waals surface area contributed by atoms with Crippen LogP contribution in [0.25, 0.3) is 0 Å². The Hall–Kier alpha value is -0.650. The Morgan fingerprint density at radius 2 is 2.15 bits per heavy atom. The fraction of sp³-hybridized carbons (Fsp3) is 0.533. The number of rotatable bonds is 5. The third-order valence-corrected chi connectivity index (χ3v) is 4.86. The SMILES string of the molecule is CCN1CCC(CNc2cccc(Br)c2C(N)=S)CC1. The minimum atomic E-state index is 0.431. The second kappa shape index (κ2) is 7.38. The van der Waals surface area contributed by atoms with E-state index in [1.165, 1.54) is 25.9 Å². The van der Waals surface area contributed by atoms with E-state index in [0.29, 0.717) is 4.99 Å². The van der Waals surface area contributed by atoms with Crippen molar-refractivity contribution < 1.29 is 0 Å². The highest BCUT2D eigenvalue weighted by Crippen LogP contribution is 2.26. The molecule has 0 aliphatic carbocycles. The first-order valence-corrected chi connectivity index (χ1v) is 8.36. The van der Waals surface area contributed by atoms with Crippen molar-refractivity contribution >= 4 is 38.8 Å². The molecule has 0 spiro atoms. The first kappa shape index (κ1) is 15.7. The molecule has 0 unspecified atom stereocenters. The fourth-order valence-electron chi connectivity index (χ4n) is 2.68. The Morgan fingerprint density at radius 3 is 2.75 bits per heavy atom. The summed E-state index contributed by atoms with van der Waals surface area (Å²) in [4.78, 5) is 2.94. The summed E-state index contributed by atoms with van der Waals surface area (Å²) in [5, 5.41) is 3.52. The number of halogens is 1. The minimum Gasteiger partial charge on any atom is -0.389 e. The van der Waals surface area contributed by atoms with Gasteiger partial charge >= 0.3 is 0 Å². The Bertz CT molecular complexity index is 470. The van der Waals surface area contributed by atoms with E-state index in [-0.39, 0.29) is 0 Å². The number of hydrogen-bond donors (Lipinski definition) is 2. The second-order valence-electron chi connectivity index (χ2n) is 5.29. The van der Waals surface area contributed by atoms with Gasteiger partial charge in [0.1, 0.15) is 4.99 Å². The van der Waals surface area contributed by atoms with Crippen LogP contribution in [0, 0.1) is 5.92 Å². The first-order chi connectivity index (χ1) is 9.61. The van der Waals surface area contributed by atoms with Crippen LogP contribution in [0.1, 0.15) is 25.3 Å². The van der Waals surface area contributed by atoms with E-state index in [4.69, 9.17) is 18.0 Å². The molecule has 1 aliphatic rings. The van der Waals surface area contributed by atoms with Gasteiger partial charge in [-0.05, 0) is 66.5 Å². The van der Waals surface area contributed by atoms with Crippen LogP contribution >= 0.6 is 28.1 Å². The van der Waals surface area contributed by atoms with Gasteiger partial charge in [0, 0.05) is 22.3 Å². The molecule has 3 nitrogen and oxygen atoms in total. The summed E-state index contributed by atoms with van der Waals surface area (Å²) in [7, 11) is 0. The zero-order chi connectivity index (χ0) is 14.5. The van der Waals surface area contributed by atoms with E-state index in [9.17, 15) is 0 Å². The summed E-state index contributed by atoms with van der Waals surface area (Å²) >= 11 is 8.66. The summed E-state index contributed by atoms with van der Waals surface area (Å²) < 4.78 is 0.954. The van der Waals surface area contributed by atoms with Gasteiger partial charge in [-0.1, -0.05) is 25.2 Å². The van der Waals surface area contributed by atoms with Crippen LogP contribution in [0.5, 0.6) is 0 Å². The molecule has 1 aliphatic heterocycles. The maximum Gasteiger partial charge on any atom is 0.107 e. The molecule has 1 heterocycles. The molecular weight excluding hydrogens is 334 g/mol. The highest BCUT2D eigenvalue weighted by molar-refractivity contribution is 9.10. The molecular formula is C15H22BrN3S. The quantitative estimate of drug-likeness (QED) is 0.795. The molecule has 0 aromatic heterocycles. The Labute approximate surface area is 135 Å². The molecule has 0 radical (unpaired) electrons. The maximum absolute atomic E-state index is 5.82. The fourth-order valence-corrected chi connectivity index (χ4v) is 3.61.